The van der Waals surface area contributed by atoms with Crippen LogP contribution in [0.1, 0.15) is 10.4 Å². The number of hydrogen-bond donors (Lipinski definition) is 1. The normalized spacial score (nSPS) is 11.5. The molecule has 0 fully saturated rings. The fourth-order valence-electron chi connectivity index (χ4n) is 1.54. The van der Waals surface area contributed by atoms with E-state index >= 15 is 0 Å². The van der Waals surface area contributed by atoms with Gasteiger partial charge in [0.15, 0.2) is 0 Å². The molecule has 1 heterocycles. The number of carboxylic acid groups (broad SMARTS) is 1. The first-order valence-corrected chi connectivity index (χ1v) is 7.44. The highest BCUT2D eigenvalue weighted by Crippen LogP contribution is 2.24. The van der Waals surface area contributed by atoms with E-state index in [9.17, 15) is 9.90 Å². The standard InChI is InChI=1S/C14H12O2S2/c1-17-11-6-4-10(5-7-11)9-12(14(15)16)13-3-2-8-18-13/h2-9H,1H3,(H,15,16)/b12-9+. The molecule has 0 radical (unpaired) electrons. The van der Waals surface area contributed by atoms with Gasteiger partial charge in [-0.25, -0.2) is 4.79 Å². The molecule has 2 nitrogen and oxygen atoms in total. The number of carboxylic acids is 1. The lowest BCUT2D eigenvalue weighted by Gasteiger charge is -2.01. The molecule has 2 aromatic rings. The van der Waals surface area contributed by atoms with E-state index in [0.29, 0.717) is 5.57 Å². The summed E-state index contributed by atoms with van der Waals surface area (Å²) in [5, 5.41) is 11.1. The Morgan fingerprint density at radius 1 is 1.28 bits per heavy atom. The van der Waals surface area contributed by atoms with Gasteiger partial charge in [0.1, 0.15) is 0 Å². The maximum absolute atomic E-state index is 11.3. The van der Waals surface area contributed by atoms with Crippen molar-refractivity contribution in [2.75, 3.05) is 6.26 Å². The van der Waals surface area contributed by atoms with Crippen molar-refractivity contribution in [1.29, 1.82) is 0 Å². The Morgan fingerprint density at radius 2 is 2.00 bits per heavy atom. The minimum absolute atomic E-state index is 0.335. The Balaban J connectivity index is 2.36. The molecule has 0 spiro atoms. The third-order valence-corrected chi connectivity index (χ3v) is 4.09. The fourth-order valence-corrected chi connectivity index (χ4v) is 2.68. The van der Waals surface area contributed by atoms with Gasteiger partial charge in [-0.1, -0.05) is 18.2 Å². The molecular formula is C14H12O2S2. The predicted octanol–water partition coefficient (Wildman–Crippen LogP) is 4.10. The lowest BCUT2D eigenvalue weighted by Crippen LogP contribution is -1.97. The Labute approximate surface area is 114 Å². The molecule has 2 rings (SSSR count). The predicted molar refractivity (Wildman–Crippen MR) is 78.0 cm³/mol. The Hall–Kier alpha value is -1.52. The molecule has 0 unspecified atom stereocenters. The monoisotopic (exact) mass is 276 g/mol. The minimum Gasteiger partial charge on any atom is -0.478 e. The first kappa shape index (κ1) is 12.9. The van der Waals surface area contributed by atoms with Crippen LogP contribution in [0.3, 0.4) is 0 Å². The number of carbonyl (C=O) groups is 1. The molecule has 0 atom stereocenters. The fraction of sp³-hybridized carbons (Fsp3) is 0.0714. The van der Waals surface area contributed by atoms with E-state index < -0.39 is 5.97 Å². The molecule has 4 heteroatoms. The van der Waals surface area contributed by atoms with Crippen LogP contribution in [0.2, 0.25) is 0 Å². The van der Waals surface area contributed by atoms with Crippen LogP contribution in [0.5, 0.6) is 0 Å². The quantitative estimate of drug-likeness (QED) is 0.675. The molecule has 0 saturated heterocycles. The van der Waals surface area contributed by atoms with Crippen molar-refractivity contribution in [2.24, 2.45) is 0 Å². The maximum Gasteiger partial charge on any atom is 0.337 e. The summed E-state index contributed by atoms with van der Waals surface area (Å²) in [6, 6.07) is 11.5. The Bertz CT molecular complexity index is 554. The van der Waals surface area contributed by atoms with Gasteiger partial charge in [0, 0.05) is 9.77 Å². The molecular weight excluding hydrogens is 264 g/mol. The average Bonchev–Trinajstić information content (AvgIpc) is 2.90. The number of rotatable bonds is 4. The van der Waals surface area contributed by atoms with E-state index in [0.717, 1.165) is 10.4 Å². The molecule has 1 N–H and O–H groups in total. The van der Waals surface area contributed by atoms with E-state index in [2.05, 4.69) is 0 Å². The Morgan fingerprint density at radius 3 is 2.50 bits per heavy atom. The molecule has 0 aliphatic carbocycles. The van der Waals surface area contributed by atoms with Crippen molar-refractivity contribution in [2.45, 2.75) is 4.90 Å². The summed E-state index contributed by atoms with van der Waals surface area (Å²) in [6.07, 6.45) is 3.72. The molecule has 92 valence electrons. The summed E-state index contributed by atoms with van der Waals surface area (Å²) in [7, 11) is 0. The summed E-state index contributed by atoms with van der Waals surface area (Å²) < 4.78 is 0. The van der Waals surface area contributed by atoms with E-state index in [4.69, 9.17) is 0 Å². The Kier molecular flexibility index (Phi) is 4.23. The lowest BCUT2D eigenvalue weighted by molar-refractivity contribution is -0.130. The van der Waals surface area contributed by atoms with Crippen LogP contribution in [0.15, 0.2) is 46.7 Å². The highest BCUT2D eigenvalue weighted by Gasteiger charge is 2.11. The third kappa shape index (κ3) is 3.03. The van der Waals surface area contributed by atoms with Crippen LogP contribution in [0.4, 0.5) is 0 Å². The third-order valence-electron chi connectivity index (χ3n) is 2.44. The van der Waals surface area contributed by atoms with E-state index in [1.165, 1.54) is 16.2 Å². The van der Waals surface area contributed by atoms with Crippen LogP contribution >= 0.6 is 23.1 Å². The second-order valence-corrected chi connectivity index (χ2v) is 5.44. The van der Waals surface area contributed by atoms with Gasteiger partial charge >= 0.3 is 5.97 Å². The molecule has 0 aliphatic rings. The number of hydrogen-bond acceptors (Lipinski definition) is 3. The van der Waals surface area contributed by atoms with Gasteiger partial charge in [0.2, 0.25) is 0 Å². The SMILES string of the molecule is CSc1ccc(/C=C(/C(=O)O)c2cccs2)cc1. The second-order valence-electron chi connectivity index (χ2n) is 3.61. The van der Waals surface area contributed by atoms with Crippen molar-refractivity contribution in [3.05, 3.63) is 52.2 Å². The van der Waals surface area contributed by atoms with Crippen molar-refractivity contribution < 1.29 is 9.90 Å². The van der Waals surface area contributed by atoms with Crippen LogP contribution in [0, 0.1) is 0 Å². The van der Waals surface area contributed by atoms with E-state index in [-0.39, 0.29) is 0 Å². The molecule has 0 bridgehead atoms. The van der Waals surface area contributed by atoms with Crippen LogP contribution < -0.4 is 0 Å². The van der Waals surface area contributed by atoms with E-state index in [1.807, 2.05) is 48.0 Å². The zero-order valence-electron chi connectivity index (χ0n) is 9.79. The van der Waals surface area contributed by atoms with Crippen LogP contribution in [-0.4, -0.2) is 17.3 Å². The van der Waals surface area contributed by atoms with Crippen molar-refractivity contribution in [3.8, 4) is 0 Å². The number of aliphatic carboxylic acids is 1. The van der Waals surface area contributed by atoms with E-state index in [1.54, 1.807) is 17.8 Å². The first-order chi connectivity index (χ1) is 8.70. The largest absolute Gasteiger partial charge is 0.478 e. The number of thioether (sulfide) groups is 1. The van der Waals surface area contributed by atoms with Crippen LogP contribution in [-0.2, 0) is 4.79 Å². The van der Waals surface area contributed by atoms with Gasteiger partial charge < -0.3 is 5.11 Å². The molecule has 0 amide bonds. The molecule has 0 aliphatic heterocycles. The van der Waals surface area contributed by atoms with Crippen molar-refractivity contribution in [3.63, 3.8) is 0 Å². The summed E-state index contributed by atoms with van der Waals surface area (Å²) >= 11 is 3.10. The van der Waals surface area contributed by atoms with Gasteiger partial charge in [-0.2, -0.15) is 0 Å². The lowest BCUT2D eigenvalue weighted by atomic mass is 10.1. The second kappa shape index (κ2) is 5.89. The smallest absolute Gasteiger partial charge is 0.337 e. The zero-order valence-corrected chi connectivity index (χ0v) is 11.4. The topological polar surface area (TPSA) is 37.3 Å². The van der Waals surface area contributed by atoms with Gasteiger partial charge in [-0.3, -0.25) is 0 Å². The van der Waals surface area contributed by atoms with Crippen molar-refractivity contribution in [1.82, 2.24) is 0 Å². The molecule has 0 saturated carbocycles. The molecule has 1 aromatic carbocycles. The van der Waals surface area contributed by atoms with Gasteiger partial charge in [-0.05, 0) is 41.5 Å². The van der Waals surface area contributed by atoms with Gasteiger partial charge in [0.25, 0.3) is 0 Å². The van der Waals surface area contributed by atoms with Gasteiger partial charge in [-0.15, -0.1) is 23.1 Å². The summed E-state index contributed by atoms with van der Waals surface area (Å²) in [6.45, 7) is 0. The van der Waals surface area contributed by atoms with Gasteiger partial charge in [0.05, 0.1) is 5.57 Å². The summed E-state index contributed by atoms with van der Waals surface area (Å²) in [5.74, 6) is -0.897. The molecule has 1 aromatic heterocycles. The number of thiophene rings is 1. The highest BCUT2D eigenvalue weighted by atomic mass is 32.2. The molecule has 18 heavy (non-hydrogen) atoms. The van der Waals surface area contributed by atoms with Crippen LogP contribution in [0.25, 0.3) is 11.6 Å². The first-order valence-electron chi connectivity index (χ1n) is 5.33. The highest BCUT2D eigenvalue weighted by molar-refractivity contribution is 7.98. The maximum atomic E-state index is 11.3. The minimum atomic E-state index is -0.897. The zero-order chi connectivity index (χ0) is 13.0. The van der Waals surface area contributed by atoms with Crippen molar-refractivity contribution >= 4 is 40.7 Å². The summed E-state index contributed by atoms with van der Waals surface area (Å²) in [4.78, 5) is 13.2. The average molecular weight is 276 g/mol. The summed E-state index contributed by atoms with van der Waals surface area (Å²) in [5.41, 5.74) is 1.24. The number of benzene rings is 1.